The molecule has 0 saturated heterocycles. The molecule has 0 saturated carbocycles. The smallest absolute Gasteiger partial charge is 0.184 e. The van der Waals surface area contributed by atoms with E-state index < -0.39 is 11.6 Å². The summed E-state index contributed by atoms with van der Waals surface area (Å²) in [7, 11) is 1.42. The van der Waals surface area contributed by atoms with E-state index in [1.165, 1.54) is 19.3 Å². The summed E-state index contributed by atoms with van der Waals surface area (Å²) >= 11 is 0. The molecule has 0 aromatic heterocycles. The highest BCUT2D eigenvalue weighted by molar-refractivity contribution is 5.99. The van der Waals surface area contributed by atoms with Gasteiger partial charge in [-0.1, -0.05) is 6.07 Å². The van der Waals surface area contributed by atoms with Crippen LogP contribution >= 0.6 is 0 Å². The van der Waals surface area contributed by atoms with E-state index in [4.69, 9.17) is 0 Å². The maximum atomic E-state index is 12.9. The van der Waals surface area contributed by atoms with Crippen molar-refractivity contribution < 1.29 is 18.3 Å². The fourth-order valence-electron chi connectivity index (χ4n) is 1.18. The van der Waals surface area contributed by atoms with Crippen molar-refractivity contribution in [1.82, 2.24) is 0 Å². The number of hydrogen-bond donors (Lipinski definition) is 0. The van der Waals surface area contributed by atoms with Gasteiger partial charge in [-0.3, -0.25) is 4.79 Å². The lowest BCUT2D eigenvalue weighted by molar-refractivity contribution is -0.118. The molecule has 1 aromatic rings. The predicted octanol–water partition coefficient (Wildman–Crippen LogP) is 2.58. The summed E-state index contributed by atoms with van der Waals surface area (Å²) in [5.74, 6) is -2.02. The van der Waals surface area contributed by atoms with Gasteiger partial charge in [-0.25, -0.2) is 8.78 Å². The topological polar surface area (TPSA) is 26.3 Å². The number of ketones is 1. The molecule has 16 heavy (non-hydrogen) atoms. The number of benzene rings is 1. The van der Waals surface area contributed by atoms with Gasteiger partial charge >= 0.3 is 0 Å². The fraction of sp³-hybridized carbons (Fsp3) is 0.250. The maximum Gasteiger partial charge on any atom is 0.184 e. The van der Waals surface area contributed by atoms with E-state index >= 15 is 0 Å². The summed E-state index contributed by atoms with van der Waals surface area (Å²) in [4.78, 5) is 11.3. The molecule has 0 unspecified atom stereocenters. The molecule has 0 N–H and O–H groups in total. The van der Waals surface area contributed by atoms with Crippen LogP contribution in [0, 0.1) is 11.6 Å². The normalized spacial score (nSPS) is 11.6. The molecular weight excluding hydrogens is 214 g/mol. The Kier molecular flexibility index (Phi) is 4.31. The molecular formula is C12H12F2O2. The molecule has 4 heteroatoms. The van der Waals surface area contributed by atoms with E-state index in [0.29, 0.717) is 11.1 Å². The van der Waals surface area contributed by atoms with Gasteiger partial charge in [-0.2, -0.15) is 0 Å². The molecule has 0 aliphatic rings. The largest absolute Gasteiger partial charge is 0.377 e. The number of carbonyl (C=O) groups is 1. The first kappa shape index (κ1) is 12.5. The van der Waals surface area contributed by atoms with Gasteiger partial charge in [-0.05, 0) is 36.3 Å². The van der Waals surface area contributed by atoms with Crippen molar-refractivity contribution in [2.75, 3.05) is 13.7 Å². The number of halogens is 2. The Hall–Kier alpha value is -1.55. The first-order valence-electron chi connectivity index (χ1n) is 4.70. The average molecular weight is 226 g/mol. The van der Waals surface area contributed by atoms with Gasteiger partial charge in [0.15, 0.2) is 17.4 Å². The Morgan fingerprint density at radius 1 is 1.38 bits per heavy atom. The molecule has 2 nitrogen and oxygen atoms in total. The maximum absolute atomic E-state index is 12.9. The minimum absolute atomic E-state index is 0.0218. The highest BCUT2D eigenvalue weighted by atomic mass is 19.2. The summed E-state index contributed by atoms with van der Waals surface area (Å²) in [6.07, 6.45) is 1.49. The molecule has 0 atom stereocenters. The van der Waals surface area contributed by atoms with Crippen molar-refractivity contribution >= 4 is 11.9 Å². The Bertz CT molecular complexity index is 425. The predicted molar refractivity (Wildman–Crippen MR) is 56.9 cm³/mol. The molecule has 86 valence electrons. The van der Waals surface area contributed by atoms with Gasteiger partial charge in [-0.15, -0.1) is 0 Å². The Morgan fingerprint density at radius 3 is 2.62 bits per heavy atom. The second kappa shape index (κ2) is 5.51. The zero-order valence-electron chi connectivity index (χ0n) is 9.09. The SMILES string of the molecule is COCC(=O)/C(C)=C/c1ccc(F)c(F)c1. The molecule has 0 aliphatic heterocycles. The number of methoxy groups -OCH3 is 1. The van der Waals surface area contributed by atoms with Crippen LogP contribution in [0.1, 0.15) is 12.5 Å². The monoisotopic (exact) mass is 226 g/mol. The third-order valence-corrected chi connectivity index (χ3v) is 2.04. The summed E-state index contributed by atoms with van der Waals surface area (Å²) in [6.45, 7) is 1.58. The number of Topliss-reactive ketones (excluding diaryl/α,β-unsaturated/α-hetero) is 1. The van der Waals surface area contributed by atoms with Gasteiger partial charge in [0.2, 0.25) is 0 Å². The highest BCUT2D eigenvalue weighted by Crippen LogP contribution is 2.12. The molecule has 0 heterocycles. The number of hydrogen-bond acceptors (Lipinski definition) is 2. The van der Waals surface area contributed by atoms with Gasteiger partial charge in [0.1, 0.15) is 6.61 Å². The average Bonchev–Trinajstić information content (AvgIpc) is 2.24. The summed E-state index contributed by atoms with van der Waals surface area (Å²) in [6, 6.07) is 3.47. The second-order valence-electron chi connectivity index (χ2n) is 3.36. The van der Waals surface area contributed by atoms with Crippen molar-refractivity contribution in [3.63, 3.8) is 0 Å². The fourth-order valence-corrected chi connectivity index (χ4v) is 1.18. The zero-order chi connectivity index (χ0) is 12.1. The molecule has 1 rings (SSSR count). The second-order valence-corrected chi connectivity index (χ2v) is 3.36. The summed E-state index contributed by atoms with van der Waals surface area (Å²) in [5.41, 5.74) is 0.883. The van der Waals surface area contributed by atoms with Crippen LogP contribution in [0.5, 0.6) is 0 Å². The van der Waals surface area contributed by atoms with Crippen molar-refractivity contribution in [2.24, 2.45) is 0 Å². The van der Waals surface area contributed by atoms with Crippen LogP contribution in [0.3, 0.4) is 0 Å². The van der Waals surface area contributed by atoms with E-state index in [-0.39, 0.29) is 12.4 Å². The van der Waals surface area contributed by atoms with Crippen LogP contribution in [-0.2, 0) is 9.53 Å². The van der Waals surface area contributed by atoms with E-state index in [2.05, 4.69) is 4.74 Å². The zero-order valence-corrected chi connectivity index (χ0v) is 9.09. The molecule has 0 fully saturated rings. The molecule has 0 radical (unpaired) electrons. The van der Waals surface area contributed by atoms with Crippen molar-refractivity contribution in [2.45, 2.75) is 6.92 Å². The standard InChI is InChI=1S/C12H12F2O2/c1-8(12(15)7-16-2)5-9-3-4-10(13)11(14)6-9/h3-6H,7H2,1-2H3/b8-5+. The van der Waals surface area contributed by atoms with E-state index in [9.17, 15) is 13.6 Å². The van der Waals surface area contributed by atoms with E-state index in [0.717, 1.165) is 12.1 Å². The summed E-state index contributed by atoms with van der Waals surface area (Å²) in [5, 5.41) is 0. The van der Waals surface area contributed by atoms with Crippen molar-refractivity contribution in [1.29, 1.82) is 0 Å². The third kappa shape index (κ3) is 3.24. The first-order chi connectivity index (χ1) is 7.54. The summed E-state index contributed by atoms with van der Waals surface area (Å²) < 4.78 is 30.2. The molecule has 0 bridgehead atoms. The van der Waals surface area contributed by atoms with Crippen LogP contribution < -0.4 is 0 Å². The number of rotatable bonds is 4. The Morgan fingerprint density at radius 2 is 2.06 bits per heavy atom. The van der Waals surface area contributed by atoms with E-state index in [1.54, 1.807) is 6.92 Å². The lowest BCUT2D eigenvalue weighted by Crippen LogP contribution is -2.07. The van der Waals surface area contributed by atoms with Crippen molar-refractivity contribution in [3.05, 3.63) is 41.0 Å². The quantitative estimate of drug-likeness (QED) is 0.737. The van der Waals surface area contributed by atoms with Crippen LogP contribution in [-0.4, -0.2) is 19.5 Å². The minimum Gasteiger partial charge on any atom is -0.377 e. The van der Waals surface area contributed by atoms with Crippen LogP contribution in [0.2, 0.25) is 0 Å². The van der Waals surface area contributed by atoms with Gasteiger partial charge in [0.25, 0.3) is 0 Å². The Balaban J connectivity index is 2.89. The first-order valence-corrected chi connectivity index (χ1v) is 4.70. The van der Waals surface area contributed by atoms with Crippen molar-refractivity contribution in [3.8, 4) is 0 Å². The van der Waals surface area contributed by atoms with Gasteiger partial charge in [0.05, 0.1) is 0 Å². The van der Waals surface area contributed by atoms with Crippen LogP contribution in [0.25, 0.3) is 6.08 Å². The van der Waals surface area contributed by atoms with E-state index in [1.807, 2.05) is 0 Å². The van der Waals surface area contributed by atoms with Gasteiger partial charge < -0.3 is 4.74 Å². The Labute approximate surface area is 92.5 Å². The van der Waals surface area contributed by atoms with Gasteiger partial charge in [0, 0.05) is 7.11 Å². The third-order valence-electron chi connectivity index (χ3n) is 2.04. The molecule has 1 aromatic carbocycles. The molecule has 0 amide bonds. The number of carbonyl (C=O) groups excluding carboxylic acids is 1. The molecule has 0 spiro atoms. The number of ether oxygens (including phenoxy) is 1. The molecule has 0 aliphatic carbocycles. The van der Waals surface area contributed by atoms with Crippen LogP contribution in [0.15, 0.2) is 23.8 Å². The lowest BCUT2D eigenvalue weighted by atomic mass is 10.1. The lowest BCUT2D eigenvalue weighted by Gasteiger charge is -2.00. The minimum atomic E-state index is -0.930. The highest BCUT2D eigenvalue weighted by Gasteiger charge is 2.05. The van der Waals surface area contributed by atoms with Crippen LogP contribution in [0.4, 0.5) is 8.78 Å².